The minimum Gasteiger partial charge on any atom is -0.434 e. The van der Waals surface area contributed by atoms with E-state index in [4.69, 9.17) is 9.68 Å². The molecular weight excluding hydrogens is 168 g/mol. The Bertz CT molecular complexity index is 508. The molecule has 0 bridgehead atoms. The lowest BCUT2D eigenvalue weighted by Gasteiger charge is -1.85. The standard InChI is InChI=1S/C9H4N2O2/c10-4-6-1-2-7-8(3-6)13-9(5-12)11-7/h1-3,5H. The lowest BCUT2D eigenvalue weighted by Crippen LogP contribution is -1.74. The van der Waals surface area contributed by atoms with Gasteiger partial charge in [-0.15, -0.1) is 0 Å². The average molecular weight is 172 g/mol. The minimum atomic E-state index is 0.0325. The van der Waals surface area contributed by atoms with Crippen LogP contribution in [0.25, 0.3) is 11.1 Å². The molecule has 0 atom stereocenters. The highest BCUT2D eigenvalue weighted by Gasteiger charge is 2.04. The van der Waals surface area contributed by atoms with Crippen molar-refractivity contribution in [1.82, 2.24) is 4.98 Å². The van der Waals surface area contributed by atoms with Gasteiger partial charge in [0.05, 0.1) is 11.6 Å². The third-order valence-electron chi connectivity index (χ3n) is 1.63. The summed E-state index contributed by atoms with van der Waals surface area (Å²) in [5.74, 6) is 0.0325. The highest BCUT2D eigenvalue weighted by Crippen LogP contribution is 2.15. The molecule has 0 spiro atoms. The number of hydrogen-bond donors (Lipinski definition) is 0. The minimum absolute atomic E-state index is 0.0325. The van der Waals surface area contributed by atoms with Crippen molar-refractivity contribution in [1.29, 1.82) is 5.26 Å². The summed E-state index contributed by atoms with van der Waals surface area (Å²) in [6.07, 6.45) is 0.534. The molecule has 4 heteroatoms. The Labute approximate surface area is 73.4 Å². The fraction of sp³-hybridized carbons (Fsp3) is 0. The fourth-order valence-corrected chi connectivity index (χ4v) is 1.06. The predicted octanol–water partition coefficient (Wildman–Crippen LogP) is 1.51. The van der Waals surface area contributed by atoms with Gasteiger partial charge < -0.3 is 4.42 Å². The van der Waals surface area contributed by atoms with Crippen molar-refractivity contribution in [2.75, 3.05) is 0 Å². The lowest BCUT2D eigenvalue weighted by molar-refractivity contribution is 0.109. The Morgan fingerprint density at radius 3 is 3.08 bits per heavy atom. The summed E-state index contributed by atoms with van der Waals surface area (Å²) in [5, 5.41) is 8.58. The first-order chi connectivity index (χ1) is 6.33. The SMILES string of the molecule is N#Cc1ccc2nc(C=O)oc2c1. The van der Waals surface area contributed by atoms with E-state index < -0.39 is 0 Å². The van der Waals surface area contributed by atoms with Crippen LogP contribution < -0.4 is 0 Å². The molecular formula is C9H4N2O2. The van der Waals surface area contributed by atoms with Crippen LogP contribution in [0.3, 0.4) is 0 Å². The molecule has 62 valence electrons. The number of nitrogens with zero attached hydrogens (tertiary/aromatic N) is 2. The number of rotatable bonds is 1. The number of oxazole rings is 1. The van der Waals surface area contributed by atoms with Gasteiger partial charge in [-0.25, -0.2) is 4.98 Å². The number of hydrogen-bond acceptors (Lipinski definition) is 4. The molecule has 0 unspecified atom stereocenters. The quantitative estimate of drug-likeness (QED) is 0.611. The second-order valence-electron chi connectivity index (χ2n) is 2.46. The third-order valence-corrected chi connectivity index (χ3v) is 1.63. The summed E-state index contributed by atoms with van der Waals surface area (Å²) in [6, 6.07) is 6.79. The van der Waals surface area contributed by atoms with Crippen LogP contribution in [0.5, 0.6) is 0 Å². The topological polar surface area (TPSA) is 66.9 Å². The van der Waals surface area contributed by atoms with Crippen molar-refractivity contribution < 1.29 is 9.21 Å². The number of carbonyl (C=O) groups is 1. The van der Waals surface area contributed by atoms with Gasteiger partial charge in [-0.1, -0.05) is 0 Å². The smallest absolute Gasteiger partial charge is 0.260 e. The van der Waals surface area contributed by atoms with Gasteiger partial charge in [0.2, 0.25) is 6.29 Å². The van der Waals surface area contributed by atoms with Crippen LogP contribution in [0.1, 0.15) is 16.2 Å². The normalized spacial score (nSPS) is 9.77. The number of nitriles is 1. The highest BCUT2D eigenvalue weighted by molar-refractivity contribution is 5.79. The van der Waals surface area contributed by atoms with Crippen LogP contribution in [0.4, 0.5) is 0 Å². The van der Waals surface area contributed by atoms with Crippen LogP contribution in [0, 0.1) is 11.3 Å². The molecule has 13 heavy (non-hydrogen) atoms. The Hall–Kier alpha value is -2.15. The Morgan fingerprint density at radius 2 is 2.38 bits per heavy atom. The van der Waals surface area contributed by atoms with E-state index in [0.717, 1.165) is 0 Å². The number of aromatic nitrogens is 1. The maximum Gasteiger partial charge on any atom is 0.260 e. The monoisotopic (exact) mass is 172 g/mol. The molecule has 0 saturated heterocycles. The van der Waals surface area contributed by atoms with E-state index in [1.807, 2.05) is 6.07 Å². The number of benzene rings is 1. The van der Waals surface area contributed by atoms with Crippen LogP contribution in [-0.4, -0.2) is 11.3 Å². The first-order valence-electron chi connectivity index (χ1n) is 3.59. The van der Waals surface area contributed by atoms with Crippen molar-refractivity contribution in [3.05, 3.63) is 29.7 Å². The Morgan fingerprint density at radius 1 is 1.54 bits per heavy atom. The van der Waals surface area contributed by atoms with Crippen LogP contribution >= 0.6 is 0 Å². The maximum absolute atomic E-state index is 10.3. The first kappa shape index (κ1) is 7.50. The van der Waals surface area contributed by atoms with E-state index in [2.05, 4.69) is 4.98 Å². The molecule has 1 heterocycles. The van der Waals surface area contributed by atoms with Crippen LogP contribution in [-0.2, 0) is 0 Å². The van der Waals surface area contributed by atoms with E-state index in [-0.39, 0.29) is 5.89 Å². The van der Waals surface area contributed by atoms with E-state index in [0.29, 0.717) is 22.9 Å². The molecule has 1 aromatic heterocycles. The van der Waals surface area contributed by atoms with Crippen molar-refractivity contribution in [2.24, 2.45) is 0 Å². The molecule has 0 aliphatic carbocycles. The molecule has 0 radical (unpaired) electrons. The molecule has 2 rings (SSSR count). The van der Waals surface area contributed by atoms with Crippen molar-refractivity contribution in [3.8, 4) is 6.07 Å². The zero-order chi connectivity index (χ0) is 9.26. The van der Waals surface area contributed by atoms with E-state index in [1.165, 1.54) is 0 Å². The van der Waals surface area contributed by atoms with E-state index in [9.17, 15) is 4.79 Å². The van der Waals surface area contributed by atoms with Crippen molar-refractivity contribution in [3.63, 3.8) is 0 Å². The lowest BCUT2D eigenvalue weighted by atomic mass is 10.2. The summed E-state index contributed by atoms with van der Waals surface area (Å²) < 4.78 is 5.03. The van der Waals surface area contributed by atoms with Crippen LogP contribution in [0.2, 0.25) is 0 Å². The van der Waals surface area contributed by atoms with Gasteiger partial charge in [0.15, 0.2) is 5.58 Å². The molecule has 0 N–H and O–H groups in total. The van der Waals surface area contributed by atoms with Gasteiger partial charge in [-0.3, -0.25) is 4.79 Å². The highest BCUT2D eigenvalue weighted by atomic mass is 16.4. The summed E-state index contributed by atoms with van der Waals surface area (Å²) in [5.41, 5.74) is 1.53. The Balaban J connectivity index is 2.72. The second kappa shape index (κ2) is 2.72. The van der Waals surface area contributed by atoms with Crippen molar-refractivity contribution >= 4 is 17.4 Å². The molecule has 0 aliphatic heterocycles. The first-order valence-corrected chi connectivity index (χ1v) is 3.59. The van der Waals surface area contributed by atoms with Gasteiger partial charge in [0, 0.05) is 6.07 Å². The largest absolute Gasteiger partial charge is 0.434 e. The second-order valence-corrected chi connectivity index (χ2v) is 2.46. The number of fused-ring (bicyclic) bond motifs is 1. The molecule has 0 aliphatic rings. The Kier molecular flexibility index (Phi) is 1.57. The van der Waals surface area contributed by atoms with E-state index in [1.54, 1.807) is 18.2 Å². The summed E-state index contributed by atoms with van der Waals surface area (Å²) >= 11 is 0. The van der Waals surface area contributed by atoms with Crippen molar-refractivity contribution in [2.45, 2.75) is 0 Å². The summed E-state index contributed by atoms with van der Waals surface area (Å²) in [6.45, 7) is 0. The zero-order valence-corrected chi connectivity index (χ0v) is 6.52. The fourth-order valence-electron chi connectivity index (χ4n) is 1.06. The average Bonchev–Trinajstić information content (AvgIpc) is 2.58. The van der Waals surface area contributed by atoms with Gasteiger partial charge in [-0.05, 0) is 12.1 Å². The molecule has 4 nitrogen and oxygen atoms in total. The molecule has 1 aromatic carbocycles. The van der Waals surface area contributed by atoms with Gasteiger partial charge >= 0.3 is 0 Å². The summed E-state index contributed by atoms with van der Waals surface area (Å²) in [4.78, 5) is 14.2. The third kappa shape index (κ3) is 1.16. The van der Waals surface area contributed by atoms with Gasteiger partial charge in [0.1, 0.15) is 5.52 Å². The number of aldehydes is 1. The van der Waals surface area contributed by atoms with Crippen LogP contribution in [0.15, 0.2) is 22.6 Å². The van der Waals surface area contributed by atoms with Gasteiger partial charge in [-0.2, -0.15) is 5.26 Å². The van der Waals surface area contributed by atoms with Gasteiger partial charge in [0.25, 0.3) is 5.89 Å². The molecule has 0 fully saturated rings. The maximum atomic E-state index is 10.3. The summed E-state index contributed by atoms with van der Waals surface area (Å²) in [7, 11) is 0. The molecule has 0 saturated carbocycles. The molecule has 2 aromatic rings. The molecule has 0 amide bonds. The number of carbonyl (C=O) groups excluding carboxylic acids is 1. The van der Waals surface area contributed by atoms with E-state index >= 15 is 0 Å². The zero-order valence-electron chi connectivity index (χ0n) is 6.52. The predicted molar refractivity (Wildman–Crippen MR) is 44.1 cm³/mol.